The van der Waals surface area contributed by atoms with Crippen molar-refractivity contribution in [1.82, 2.24) is 10.6 Å². The third kappa shape index (κ3) is 4.66. The van der Waals surface area contributed by atoms with E-state index in [0.717, 1.165) is 5.92 Å². The van der Waals surface area contributed by atoms with E-state index in [1.807, 2.05) is 0 Å². The highest BCUT2D eigenvalue weighted by atomic mass is 16.2. The SMILES string of the molecule is C[C@H](NCC(=O)NC1CC1)C1CCCCCC1. The Bertz CT molecular complexity index is 243. The molecule has 0 heterocycles. The molecule has 0 aromatic heterocycles. The molecular weight excluding hydrogens is 212 g/mol. The second-order valence-corrected chi connectivity index (χ2v) is 5.76. The van der Waals surface area contributed by atoms with E-state index < -0.39 is 0 Å². The molecule has 0 spiro atoms. The van der Waals surface area contributed by atoms with Crippen LogP contribution >= 0.6 is 0 Å². The van der Waals surface area contributed by atoms with Crippen LogP contribution in [-0.2, 0) is 4.79 Å². The van der Waals surface area contributed by atoms with E-state index in [2.05, 4.69) is 17.6 Å². The van der Waals surface area contributed by atoms with Crippen molar-refractivity contribution in [2.45, 2.75) is 70.4 Å². The highest BCUT2D eigenvalue weighted by Crippen LogP contribution is 2.25. The van der Waals surface area contributed by atoms with Crippen LogP contribution in [0.1, 0.15) is 58.3 Å². The first-order chi connectivity index (χ1) is 8.25. The zero-order valence-electron chi connectivity index (χ0n) is 11.0. The molecule has 0 aromatic rings. The van der Waals surface area contributed by atoms with Crippen LogP contribution in [0.2, 0.25) is 0 Å². The van der Waals surface area contributed by atoms with E-state index in [-0.39, 0.29) is 5.91 Å². The van der Waals surface area contributed by atoms with Crippen LogP contribution < -0.4 is 10.6 Å². The number of amides is 1. The second-order valence-electron chi connectivity index (χ2n) is 5.76. The summed E-state index contributed by atoms with van der Waals surface area (Å²) in [6.07, 6.45) is 10.5. The Morgan fingerprint density at radius 1 is 1.12 bits per heavy atom. The van der Waals surface area contributed by atoms with Gasteiger partial charge in [-0.2, -0.15) is 0 Å². The topological polar surface area (TPSA) is 41.1 Å². The summed E-state index contributed by atoms with van der Waals surface area (Å²) < 4.78 is 0. The Balaban J connectivity index is 1.64. The summed E-state index contributed by atoms with van der Waals surface area (Å²) in [7, 11) is 0. The zero-order chi connectivity index (χ0) is 12.1. The highest BCUT2D eigenvalue weighted by Gasteiger charge is 2.24. The summed E-state index contributed by atoms with van der Waals surface area (Å²) in [6.45, 7) is 2.73. The Labute approximate surface area is 105 Å². The van der Waals surface area contributed by atoms with Gasteiger partial charge < -0.3 is 10.6 Å². The van der Waals surface area contributed by atoms with Gasteiger partial charge in [0.2, 0.25) is 5.91 Å². The van der Waals surface area contributed by atoms with Gasteiger partial charge in [-0.05, 0) is 38.5 Å². The fourth-order valence-corrected chi connectivity index (χ4v) is 2.74. The molecule has 0 aromatic carbocycles. The molecule has 17 heavy (non-hydrogen) atoms. The van der Waals surface area contributed by atoms with E-state index in [9.17, 15) is 4.79 Å². The van der Waals surface area contributed by atoms with Crippen molar-refractivity contribution in [3.8, 4) is 0 Å². The molecule has 1 amide bonds. The normalized spacial score (nSPS) is 24.1. The van der Waals surface area contributed by atoms with E-state index >= 15 is 0 Å². The van der Waals surface area contributed by atoms with Gasteiger partial charge in [0.1, 0.15) is 0 Å². The molecule has 2 aliphatic carbocycles. The minimum absolute atomic E-state index is 0.174. The Morgan fingerprint density at radius 2 is 1.76 bits per heavy atom. The van der Waals surface area contributed by atoms with Crippen molar-refractivity contribution in [2.75, 3.05) is 6.54 Å². The summed E-state index contributed by atoms with van der Waals surface area (Å²) in [5.74, 6) is 0.944. The van der Waals surface area contributed by atoms with Gasteiger partial charge in [-0.1, -0.05) is 25.7 Å². The monoisotopic (exact) mass is 238 g/mol. The second kappa shape index (κ2) is 6.39. The molecule has 2 fully saturated rings. The highest BCUT2D eigenvalue weighted by molar-refractivity contribution is 5.78. The summed E-state index contributed by atoms with van der Waals surface area (Å²) in [4.78, 5) is 11.6. The molecule has 3 nitrogen and oxygen atoms in total. The van der Waals surface area contributed by atoms with E-state index in [1.54, 1.807) is 0 Å². The summed E-state index contributed by atoms with van der Waals surface area (Å²) in [6, 6.07) is 0.968. The molecule has 98 valence electrons. The first kappa shape index (κ1) is 12.9. The van der Waals surface area contributed by atoms with Crippen LogP contribution in [0.3, 0.4) is 0 Å². The lowest BCUT2D eigenvalue weighted by Crippen LogP contribution is -2.41. The number of nitrogens with one attached hydrogen (secondary N) is 2. The lowest BCUT2D eigenvalue weighted by Gasteiger charge is -2.23. The molecule has 2 aliphatic rings. The first-order valence-corrected chi connectivity index (χ1v) is 7.28. The largest absolute Gasteiger partial charge is 0.352 e. The number of carbonyl (C=O) groups is 1. The van der Waals surface area contributed by atoms with Gasteiger partial charge in [-0.3, -0.25) is 4.79 Å². The van der Waals surface area contributed by atoms with E-state index in [0.29, 0.717) is 18.6 Å². The lowest BCUT2D eigenvalue weighted by molar-refractivity contribution is -0.120. The minimum atomic E-state index is 0.174. The zero-order valence-corrected chi connectivity index (χ0v) is 11.0. The summed E-state index contributed by atoms with van der Waals surface area (Å²) >= 11 is 0. The van der Waals surface area contributed by atoms with E-state index in [4.69, 9.17) is 0 Å². The Hall–Kier alpha value is -0.570. The van der Waals surface area contributed by atoms with Gasteiger partial charge in [0, 0.05) is 12.1 Å². The van der Waals surface area contributed by atoms with E-state index in [1.165, 1.54) is 51.4 Å². The Kier molecular flexibility index (Phi) is 4.84. The van der Waals surface area contributed by atoms with Gasteiger partial charge in [-0.15, -0.1) is 0 Å². The Morgan fingerprint density at radius 3 is 2.35 bits per heavy atom. The van der Waals surface area contributed by atoms with Gasteiger partial charge in [0.05, 0.1) is 6.54 Å². The molecule has 0 aliphatic heterocycles. The molecular formula is C14H26N2O. The van der Waals surface area contributed by atoms with Crippen molar-refractivity contribution in [3.05, 3.63) is 0 Å². The van der Waals surface area contributed by atoms with Gasteiger partial charge in [0.25, 0.3) is 0 Å². The van der Waals surface area contributed by atoms with Crippen LogP contribution in [0.15, 0.2) is 0 Å². The van der Waals surface area contributed by atoms with Gasteiger partial charge in [0.15, 0.2) is 0 Å². The average molecular weight is 238 g/mol. The number of rotatable bonds is 5. The molecule has 0 bridgehead atoms. The quantitative estimate of drug-likeness (QED) is 0.721. The van der Waals surface area contributed by atoms with Crippen LogP contribution in [-0.4, -0.2) is 24.5 Å². The number of hydrogen-bond acceptors (Lipinski definition) is 2. The van der Waals surface area contributed by atoms with Crippen molar-refractivity contribution >= 4 is 5.91 Å². The molecule has 0 saturated heterocycles. The van der Waals surface area contributed by atoms with Crippen molar-refractivity contribution < 1.29 is 4.79 Å². The molecule has 2 N–H and O–H groups in total. The minimum Gasteiger partial charge on any atom is -0.352 e. The maximum Gasteiger partial charge on any atom is 0.234 e. The fourth-order valence-electron chi connectivity index (χ4n) is 2.74. The van der Waals surface area contributed by atoms with Crippen LogP contribution in [0.5, 0.6) is 0 Å². The molecule has 2 rings (SSSR count). The van der Waals surface area contributed by atoms with Crippen LogP contribution in [0.25, 0.3) is 0 Å². The average Bonchev–Trinajstić information content (AvgIpc) is 3.11. The maximum absolute atomic E-state index is 11.6. The van der Waals surface area contributed by atoms with Crippen LogP contribution in [0, 0.1) is 5.92 Å². The summed E-state index contributed by atoms with van der Waals surface area (Å²) in [5.41, 5.74) is 0. The third-order valence-corrected chi connectivity index (χ3v) is 4.13. The molecule has 0 unspecified atom stereocenters. The lowest BCUT2D eigenvalue weighted by atomic mass is 9.93. The molecule has 0 radical (unpaired) electrons. The predicted molar refractivity (Wildman–Crippen MR) is 69.8 cm³/mol. The van der Waals surface area contributed by atoms with Gasteiger partial charge >= 0.3 is 0 Å². The fraction of sp³-hybridized carbons (Fsp3) is 0.929. The van der Waals surface area contributed by atoms with Crippen LogP contribution in [0.4, 0.5) is 0 Å². The third-order valence-electron chi connectivity index (χ3n) is 4.13. The van der Waals surface area contributed by atoms with Crippen molar-refractivity contribution in [3.63, 3.8) is 0 Å². The predicted octanol–water partition coefficient (Wildman–Crippen LogP) is 2.21. The molecule has 3 heteroatoms. The van der Waals surface area contributed by atoms with Crippen molar-refractivity contribution in [1.29, 1.82) is 0 Å². The standard InChI is InChI=1S/C14H26N2O/c1-11(12-6-4-2-3-5-7-12)15-10-14(17)16-13-8-9-13/h11-13,15H,2-10H2,1H3,(H,16,17)/t11-/m0/s1. The molecule has 2 saturated carbocycles. The number of hydrogen-bond donors (Lipinski definition) is 2. The van der Waals surface area contributed by atoms with Crippen molar-refractivity contribution in [2.24, 2.45) is 5.92 Å². The number of carbonyl (C=O) groups excluding carboxylic acids is 1. The van der Waals surface area contributed by atoms with Gasteiger partial charge in [-0.25, -0.2) is 0 Å². The summed E-state index contributed by atoms with van der Waals surface area (Å²) in [5, 5.41) is 6.42. The maximum atomic E-state index is 11.6. The molecule has 1 atom stereocenters. The first-order valence-electron chi connectivity index (χ1n) is 7.28. The smallest absolute Gasteiger partial charge is 0.234 e.